The highest BCUT2D eigenvalue weighted by molar-refractivity contribution is 6.31. The van der Waals surface area contributed by atoms with Crippen molar-refractivity contribution in [3.63, 3.8) is 0 Å². The number of nitrogens with one attached hydrogen (secondary N) is 1. The van der Waals surface area contributed by atoms with Gasteiger partial charge in [-0.25, -0.2) is 4.79 Å². The zero-order valence-corrected chi connectivity index (χ0v) is 13.0. The lowest BCUT2D eigenvalue weighted by molar-refractivity contribution is -0.132. The summed E-state index contributed by atoms with van der Waals surface area (Å²) in [5, 5.41) is 0.682. The number of H-pyrrole nitrogens is 1. The Morgan fingerprint density at radius 2 is 1.96 bits per heavy atom. The molecule has 1 aliphatic rings. The molecule has 1 N–H and O–H groups in total. The fourth-order valence-corrected chi connectivity index (χ4v) is 3.31. The van der Waals surface area contributed by atoms with Crippen molar-refractivity contribution in [1.82, 2.24) is 14.5 Å². The maximum Gasteiger partial charge on any atom is 0.326 e. The maximum absolute atomic E-state index is 12.6. The van der Waals surface area contributed by atoms with E-state index in [1.54, 1.807) is 4.90 Å². The summed E-state index contributed by atoms with van der Waals surface area (Å²) >= 11 is 6.19. The van der Waals surface area contributed by atoms with Crippen LogP contribution >= 0.6 is 11.6 Å². The van der Waals surface area contributed by atoms with E-state index in [9.17, 15) is 9.59 Å². The Balaban J connectivity index is 1.61. The van der Waals surface area contributed by atoms with Crippen LogP contribution in [0.4, 0.5) is 0 Å². The van der Waals surface area contributed by atoms with Gasteiger partial charge in [0.25, 0.3) is 0 Å². The van der Waals surface area contributed by atoms with Gasteiger partial charge in [0.2, 0.25) is 5.91 Å². The van der Waals surface area contributed by atoms with Crippen LogP contribution in [0, 0.1) is 0 Å². The lowest BCUT2D eigenvalue weighted by atomic mass is 10.1. The molecule has 2 heterocycles. The van der Waals surface area contributed by atoms with E-state index in [1.165, 1.54) is 4.57 Å². The predicted molar refractivity (Wildman–Crippen MR) is 88.3 cm³/mol. The van der Waals surface area contributed by atoms with E-state index in [2.05, 4.69) is 4.98 Å². The van der Waals surface area contributed by atoms with E-state index in [0.29, 0.717) is 18.1 Å². The van der Waals surface area contributed by atoms with Crippen molar-refractivity contribution in [3.8, 4) is 0 Å². The SMILES string of the molecule is O=C(Cn1c(=O)[nH]c2ccccc21)N1Cc2cccc(Cl)c2C1. The molecule has 116 valence electrons. The van der Waals surface area contributed by atoms with Crippen molar-refractivity contribution in [2.75, 3.05) is 0 Å². The molecule has 2 aromatic carbocycles. The monoisotopic (exact) mass is 327 g/mol. The van der Waals surface area contributed by atoms with Gasteiger partial charge in [-0.05, 0) is 29.3 Å². The number of hydrogen-bond donors (Lipinski definition) is 1. The van der Waals surface area contributed by atoms with Gasteiger partial charge in [-0.2, -0.15) is 0 Å². The molecule has 0 bridgehead atoms. The Morgan fingerprint density at radius 1 is 1.13 bits per heavy atom. The number of fused-ring (bicyclic) bond motifs is 2. The molecule has 0 spiro atoms. The number of carbonyl (C=O) groups excluding carboxylic acids is 1. The second kappa shape index (κ2) is 5.28. The summed E-state index contributed by atoms with van der Waals surface area (Å²) in [5.41, 5.74) is 3.26. The minimum atomic E-state index is -0.269. The van der Waals surface area contributed by atoms with Crippen LogP contribution in [0.15, 0.2) is 47.3 Å². The van der Waals surface area contributed by atoms with Crippen molar-refractivity contribution in [2.45, 2.75) is 19.6 Å². The number of rotatable bonds is 2. The molecule has 1 aliphatic heterocycles. The molecule has 0 saturated carbocycles. The minimum absolute atomic E-state index is 0.0223. The van der Waals surface area contributed by atoms with E-state index in [4.69, 9.17) is 11.6 Å². The summed E-state index contributed by atoms with van der Waals surface area (Å²) < 4.78 is 1.47. The van der Waals surface area contributed by atoms with Crippen LogP contribution in [-0.2, 0) is 24.4 Å². The molecule has 0 atom stereocenters. The number of imidazole rings is 1. The van der Waals surface area contributed by atoms with E-state index in [1.807, 2.05) is 42.5 Å². The lowest BCUT2D eigenvalue weighted by Gasteiger charge is -2.15. The van der Waals surface area contributed by atoms with Crippen LogP contribution in [0.3, 0.4) is 0 Å². The second-order valence-electron chi connectivity index (χ2n) is 5.66. The maximum atomic E-state index is 12.6. The third-order valence-electron chi connectivity index (χ3n) is 4.25. The highest BCUT2D eigenvalue weighted by Crippen LogP contribution is 2.29. The average molecular weight is 328 g/mol. The first kappa shape index (κ1) is 14.1. The van der Waals surface area contributed by atoms with Gasteiger partial charge in [-0.15, -0.1) is 0 Å². The third-order valence-corrected chi connectivity index (χ3v) is 4.61. The quantitative estimate of drug-likeness (QED) is 0.786. The summed E-state index contributed by atoms with van der Waals surface area (Å²) in [6, 6.07) is 13.1. The lowest BCUT2D eigenvalue weighted by Crippen LogP contribution is -2.32. The number of aromatic nitrogens is 2. The summed E-state index contributed by atoms with van der Waals surface area (Å²) in [6.45, 7) is 1.05. The summed E-state index contributed by atoms with van der Waals surface area (Å²) in [5.74, 6) is -0.0934. The summed E-state index contributed by atoms with van der Waals surface area (Å²) in [4.78, 5) is 29.2. The number of benzene rings is 2. The zero-order valence-electron chi connectivity index (χ0n) is 12.3. The number of carbonyl (C=O) groups is 1. The van der Waals surface area contributed by atoms with Crippen LogP contribution < -0.4 is 5.69 Å². The second-order valence-corrected chi connectivity index (χ2v) is 6.07. The number of para-hydroxylation sites is 2. The normalized spacial score (nSPS) is 13.5. The number of halogens is 1. The van der Waals surface area contributed by atoms with Crippen LogP contribution in [0.1, 0.15) is 11.1 Å². The molecule has 6 heteroatoms. The predicted octanol–water partition coefficient (Wildman–Crippen LogP) is 2.53. The van der Waals surface area contributed by atoms with Crippen molar-refractivity contribution in [1.29, 1.82) is 0 Å². The largest absolute Gasteiger partial charge is 0.332 e. The van der Waals surface area contributed by atoms with E-state index >= 15 is 0 Å². The molecule has 0 aliphatic carbocycles. The first-order valence-corrected chi connectivity index (χ1v) is 7.73. The van der Waals surface area contributed by atoms with Gasteiger partial charge in [0.1, 0.15) is 6.54 Å². The van der Waals surface area contributed by atoms with Gasteiger partial charge in [0.05, 0.1) is 11.0 Å². The van der Waals surface area contributed by atoms with Gasteiger partial charge >= 0.3 is 5.69 Å². The fraction of sp³-hybridized carbons (Fsp3) is 0.176. The van der Waals surface area contributed by atoms with Gasteiger partial charge in [0.15, 0.2) is 0 Å². The first-order chi connectivity index (χ1) is 11.1. The Morgan fingerprint density at radius 3 is 2.78 bits per heavy atom. The van der Waals surface area contributed by atoms with Crippen LogP contribution in [0.2, 0.25) is 5.02 Å². The summed E-state index contributed by atoms with van der Waals surface area (Å²) in [6.07, 6.45) is 0. The standard InChI is InChI=1S/C17H14ClN3O2/c18-13-5-3-4-11-8-20(9-12(11)13)16(22)10-21-15-7-2-1-6-14(15)19-17(21)23/h1-7H,8-10H2,(H,19,23). The molecule has 4 rings (SSSR count). The molecule has 0 fully saturated rings. The summed E-state index contributed by atoms with van der Waals surface area (Å²) in [7, 11) is 0. The van der Waals surface area contributed by atoms with Gasteiger partial charge in [0, 0.05) is 18.1 Å². The molecular formula is C17H14ClN3O2. The smallest absolute Gasteiger partial charge is 0.326 e. The topological polar surface area (TPSA) is 58.1 Å². The molecule has 0 radical (unpaired) electrons. The number of nitrogens with zero attached hydrogens (tertiary/aromatic N) is 2. The fourth-order valence-electron chi connectivity index (χ4n) is 3.06. The van der Waals surface area contributed by atoms with Crippen molar-refractivity contribution in [3.05, 3.63) is 69.1 Å². The molecule has 3 aromatic rings. The highest BCUT2D eigenvalue weighted by atomic mass is 35.5. The number of amides is 1. The van der Waals surface area contributed by atoms with Crippen molar-refractivity contribution < 1.29 is 4.79 Å². The van der Waals surface area contributed by atoms with E-state index in [0.717, 1.165) is 22.2 Å². The van der Waals surface area contributed by atoms with Crippen molar-refractivity contribution >= 4 is 28.5 Å². The van der Waals surface area contributed by atoms with Crippen LogP contribution in [0.25, 0.3) is 11.0 Å². The average Bonchev–Trinajstić information content (AvgIpc) is 3.10. The number of aromatic amines is 1. The van der Waals surface area contributed by atoms with Crippen LogP contribution in [0.5, 0.6) is 0 Å². The minimum Gasteiger partial charge on any atom is -0.332 e. The van der Waals surface area contributed by atoms with Gasteiger partial charge < -0.3 is 9.88 Å². The Bertz CT molecular complexity index is 973. The van der Waals surface area contributed by atoms with Crippen molar-refractivity contribution in [2.24, 2.45) is 0 Å². The third kappa shape index (κ3) is 2.33. The van der Waals surface area contributed by atoms with E-state index in [-0.39, 0.29) is 18.1 Å². The van der Waals surface area contributed by atoms with E-state index < -0.39 is 0 Å². The van der Waals surface area contributed by atoms with Gasteiger partial charge in [-0.1, -0.05) is 35.9 Å². The Hall–Kier alpha value is -2.53. The zero-order chi connectivity index (χ0) is 16.0. The number of hydrogen-bond acceptors (Lipinski definition) is 2. The van der Waals surface area contributed by atoms with Crippen LogP contribution in [-0.4, -0.2) is 20.4 Å². The molecule has 23 heavy (non-hydrogen) atoms. The highest BCUT2D eigenvalue weighted by Gasteiger charge is 2.25. The first-order valence-electron chi connectivity index (χ1n) is 7.35. The Kier molecular flexibility index (Phi) is 3.23. The molecule has 0 unspecified atom stereocenters. The molecule has 1 amide bonds. The molecular weight excluding hydrogens is 314 g/mol. The van der Waals surface area contributed by atoms with Gasteiger partial charge in [-0.3, -0.25) is 9.36 Å². The Labute approximate surface area is 137 Å². The molecule has 0 saturated heterocycles. The molecule has 1 aromatic heterocycles. The molecule has 5 nitrogen and oxygen atoms in total.